The molecule has 0 bridgehead atoms. The van der Waals surface area contributed by atoms with Crippen molar-refractivity contribution < 1.29 is 9.53 Å². The van der Waals surface area contributed by atoms with Gasteiger partial charge in [0, 0.05) is 29.6 Å². The summed E-state index contributed by atoms with van der Waals surface area (Å²) in [4.78, 5) is 12.3. The second-order valence-corrected chi connectivity index (χ2v) is 9.72. The van der Waals surface area contributed by atoms with E-state index in [2.05, 4.69) is 41.0 Å². The molecular formula is C25H33ClN2O2. The van der Waals surface area contributed by atoms with Crippen LogP contribution in [0.3, 0.4) is 0 Å². The largest absolute Gasteiger partial charge is 0.444 e. The van der Waals surface area contributed by atoms with Crippen LogP contribution in [0.25, 0.3) is 0 Å². The first kappa shape index (κ1) is 22.6. The van der Waals surface area contributed by atoms with Crippen LogP contribution in [0.4, 0.5) is 4.79 Å². The summed E-state index contributed by atoms with van der Waals surface area (Å²) < 4.78 is 5.45. The Morgan fingerprint density at radius 2 is 1.80 bits per heavy atom. The minimum atomic E-state index is -0.508. The van der Waals surface area contributed by atoms with Crippen molar-refractivity contribution in [3.05, 3.63) is 70.7 Å². The Bertz CT molecular complexity index is 825. The van der Waals surface area contributed by atoms with Crippen LogP contribution in [-0.2, 0) is 16.7 Å². The molecular weight excluding hydrogens is 396 g/mol. The fourth-order valence-electron chi connectivity index (χ4n) is 4.17. The smallest absolute Gasteiger partial charge is 0.407 e. The fourth-order valence-corrected chi connectivity index (χ4v) is 4.36. The molecule has 162 valence electrons. The van der Waals surface area contributed by atoms with E-state index >= 15 is 0 Å². The summed E-state index contributed by atoms with van der Waals surface area (Å²) in [7, 11) is 0. The number of nitrogens with one attached hydrogen (secondary N) is 2. The summed E-state index contributed by atoms with van der Waals surface area (Å²) in [6.07, 6.45) is 3.70. The molecule has 0 atom stereocenters. The Morgan fingerprint density at radius 3 is 2.43 bits per heavy atom. The predicted molar refractivity (Wildman–Crippen MR) is 123 cm³/mol. The van der Waals surface area contributed by atoms with Gasteiger partial charge in [-0.1, -0.05) is 54.1 Å². The molecule has 0 radical (unpaired) electrons. The van der Waals surface area contributed by atoms with Crippen LogP contribution < -0.4 is 10.6 Å². The number of alkyl carbamates (subject to hydrolysis) is 1. The van der Waals surface area contributed by atoms with Gasteiger partial charge in [0.1, 0.15) is 5.60 Å². The van der Waals surface area contributed by atoms with E-state index in [0.717, 1.165) is 37.3 Å². The topological polar surface area (TPSA) is 50.4 Å². The molecule has 2 aromatic rings. The van der Waals surface area contributed by atoms with E-state index in [1.165, 1.54) is 11.1 Å². The number of carbonyl (C=O) groups excluding carboxylic acids is 1. The monoisotopic (exact) mass is 428 g/mol. The molecule has 0 heterocycles. The van der Waals surface area contributed by atoms with Gasteiger partial charge in [0.2, 0.25) is 0 Å². The maximum absolute atomic E-state index is 12.3. The molecule has 1 aliphatic carbocycles. The molecule has 1 fully saturated rings. The van der Waals surface area contributed by atoms with Crippen molar-refractivity contribution in [2.75, 3.05) is 6.54 Å². The van der Waals surface area contributed by atoms with Crippen LogP contribution in [0.1, 0.15) is 57.6 Å². The molecule has 3 rings (SSSR count). The zero-order valence-corrected chi connectivity index (χ0v) is 19.0. The molecule has 0 unspecified atom stereocenters. The van der Waals surface area contributed by atoms with Crippen LogP contribution in [-0.4, -0.2) is 24.3 Å². The summed E-state index contributed by atoms with van der Waals surface area (Å²) in [6.45, 7) is 7.06. The summed E-state index contributed by atoms with van der Waals surface area (Å²) in [6, 6.07) is 19.0. The van der Waals surface area contributed by atoms with Gasteiger partial charge in [0.25, 0.3) is 0 Å². The number of ether oxygens (including phenoxy) is 1. The van der Waals surface area contributed by atoms with Crippen molar-refractivity contribution in [1.29, 1.82) is 0 Å². The molecule has 5 heteroatoms. The molecule has 2 aromatic carbocycles. The minimum absolute atomic E-state index is 0.132. The van der Waals surface area contributed by atoms with Crippen LogP contribution in [0.5, 0.6) is 0 Å². The van der Waals surface area contributed by atoms with E-state index in [1.54, 1.807) is 0 Å². The third-order valence-electron chi connectivity index (χ3n) is 5.79. The molecule has 1 saturated carbocycles. The van der Waals surface area contributed by atoms with Crippen molar-refractivity contribution in [3.8, 4) is 0 Å². The number of hydrogen-bond acceptors (Lipinski definition) is 3. The molecule has 0 aromatic heterocycles. The lowest BCUT2D eigenvalue weighted by Crippen LogP contribution is -2.47. The third-order valence-corrected chi connectivity index (χ3v) is 6.02. The predicted octanol–water partition coefficient (Wildman–Crippen LogP) is 5.83. The van der Waals surface area contributed by atoms with Gasteiger partial charge in [-0.15, -0.1) is 0 Å². The second kappa shape index (κ2) is 9.84. The first-order valence-electron chi connectivity index (χ1n) is 10.8. The number of hydrogen-bond donors (Lipinski definition) is 2. The van der Waals surface area contributed by atoms with Crippen molar-refractivity contribution in [2.45, 2.75) is 70.1 Å². The molecule has 1 amide bonds. The van der Waals surface area contributed by atoms with Crippen molar-refractivity contribution >= 4 is 17.7 Å². The Hall–Kier alpha value is -2.04. The second-order valence-electron chi connectivity index (χ2n) is 9.29. The van der Waals surface area contributed by atoms with Gasteiger partial charge in [-0.25, -0.2) is 4.79 Å². The number of benzene rings is 2. The average molecular weight is 429 g/mol. The maximum atomic E-state index is 12.3. The Labute approximate surface area is 185 Å². The van der Waals surface area contributed by atoms with Gasteiger partial charge in [-0.2, -0.15) is 0 Å². The van der Waals surface area contributed by atoms with Gasteiger partial charge in [0.05, 0.1) is 0 Å². The van der Waals surface area contributed by atoms with Gasteiger partial charge < -0.3 is 15.4 Å². The lowest BCUT2D eigenvalue weighted by molar-refractivity contribution is 0.0506. The molecule has 4 nitrogen and oxygen atoms in total. The van der Waals surface area contributed by atoms with Crippen LogP contribution in [0.2, 0.25) is 5.02 Å². The molecule has 0 saturated heterocycles. The molecule has 0 aliphatic heterocycles. The van der Waals surface area contributed by atoms with E-state index in [9.17, 15) is 4.79 Å². The van der Waals surface area contributed by atoms with Crippen molar-refractivity contribution in [3.63, 3.8) is 0 Å². The van der Waals surface area contributed by atoms with E-state index in [0.29, 0.717) is 12.6 Å². The third kappa shape index (κ3) is 6.48. The minimum Gasteiger partial charge on any atom is -0.444 e. The van der Waals surface area contributed by atoms with Gasteiger partial charge in [-0.05, 0) is 69.7 Å². The summed E-state index contributed by atoms with van der Waals surface area (Å²) in [5.74, 6) is 0. The maximum Gasteiger partial charge on any atom is 0.407 e. The highest BCUT2D eigenvalue weighted by Crippen LogP contribution is 2.40. The summed E-state index contributed by atoms with van der Waals surface area (Å²) >= 11 is 6.30. The quantitative estimate of drug-likeness (QED) is 0.608. The zero-order chi connectivity index (χ0) is 21.6. The Morgan fingerprint density at radius 1 is 1.10 bits per heavy atom. The normalized spacial score (nSPS) is 21.8. The number of rotatable bonds is 6. The van der Waals surface area contributed by atoms with Crippen LogP contribution in [0, 0.1) is 0 Å². The van der Waals surface area contributed by atoms with Crippen LogP contribution >= 0.6 is 11.6 Å². The number of amides is 1. The summed E-state index contributed by atoms with van der Waals surface area (Å²) in [5.41, 5.74) is 1.85. The highest BCUT2D eigenvalue weighted by molar-refractivity contribution is 6.30. The van der Waals surface area contributed by atoms with E-state index < -0.39 is 5.60 Å². The van der Waals surface area contributed by atoms with E-state index in [4.69, 9.17) is 16.3 Å². The standard InChI is InChI=1S/C25H33ClN2O2/c1-24(2,3)30-23(29)28-18-25(20-10-7-11-21(26)16-20)14-12-22(13-15-25)27-17-19-8-5-4-6-9-19/h4-11,16,22,27H,12-15,17-18H2,1-3H3,(H,28,29)/t22-,25+. The Kier molecular flexibility index (Phi) is 7.43. The van der Waals surface area contributed by atoms with Crippen LogP contribution in [0.15, 0.2) is 54.6 Å². The highest BCUT2D eigenvalue weighted by Gasteiger charge is 2.37. The van der Waals surface area contributed by atoms with Crippen molar-refractivity contribution in [2.24, 2.45) is 0 Å². The highest BCUT2D eigenvalue weighted by atomic mass is 35.5. The van der Waals surface area contributed by atoms with Gasteiger partial charge in [0.15, 0.2) is 0 Å². The lowest BCUT2D eigenvalue weighted by Gasteiger charge is -2.41. The number of halogens is 1. The lowest BCUT2D eigenvalue weighted by atomic mass is 9.68. The first-order chi connectivity index (χ1) is 14.3. The SMILES string of the molecule is CC(C)(C)OC(=O)NC[C@]1(c2cccc(Cl)c2)CC[C@@H](NCc2ccccc2)CC1. The fraction of sp³-hybridized carbons (Fsp3) is 0.480. The molecule has 2 N–H and O–H groups in total. The van der Waals surface area contributed by atoms with E-state index in [1.807, 2.05) is 45.0 Å². The average Bonchev–Trinajstić information content (AvgIpc) is 2.71. The van der Waals surface area contributed by atoms with E-state index in [-0.39, 0.29) is 11.5 Å². The Balaban J connectivity index is 1.65. The zero-order valence-electron chi connectivity index (χ0n) is 18.2. The van der Waals surface area contributed by atoms with Gasteiger partial charge in [-0.3, -0.25) is 0 Å². The first-order valence-corrected chi connectivity index (χ1v) is 11.1. The molecule has 1 aliphatic rings. The van der Waals surface area contributed by atoms with Crippen molar-refractivity contribution in [1.82, 2.24) is 10.6 Å². The number of carbonyl (C=O) groups is 1. The summed E-state index contributed by atoms with van der Waals surface area (Å²) in [5, 5.41) is 7.44. The van der Waals surface area contributed by atoms with Gasteiger partial charge >= 0.3 is 6.09 Å². The molecule has 30 heavy (non-hydrogen) atoms. The molecule has 0 spiro atoms.